The third-order valence-electron chi connectivity index (χ3n) is 6.49. The fraction of sp³-hybridized carbons (Fsp3) is 1.00. The summed E-state index contributed by atoms with van der Waals surface area (Å²) in [5.41, 5.74) is 0. The van der Waals surface area contributed by atoms with Gasteiger partial charge in [0, 0.05) is 13.7 Å². The third kappa shape index (κ3) is 5.17. The van der Waals surface area contributed by atoms with Crippen LogP contribution in [0.1, 0.15) is 70.6 Å². The van der Waals surface area contributed by atoms with Crippen molar-refractivity contribution in [2.24, 2.45) is 17.8 Å². The molecule has 0 spiro atoms. The molecular weight excluding hydrogens is 288 g/mol. The molecular formula is C20H36O3. The summed E-state index contributed by atoms with van der Waals surface area (Å²) >= 11 is 0. The molecule has 0 bridgehead atoms. The summed E-state index contributed by atoms with van der Waals surface area (Å²) in [5.74, 6) is 2.56. The minimum absolute atomic E-state index is 0.289. The zero-order chi connectivity index (χ0) is 15.9. The lowest BCUT2D eigenvalue weighted by Crippen LogP contribution is -2.43. The number of hydrogen-bond acceptors (Lipinski definition) is 3. The highest BCUT2D eigenvalue weighted by Crippen LogP contribution is 2.42. The van der Waals surface area contributed by atoms with Gasteiger partial charge in [0.1, 0.15) is 0 Å². The van der Waals surface area contributed by atoms with Gasteiger partial charge in [-0.2, -0.15) is 0 Å². The maximum absolute atomic E-state index is 6.17. The van der Waals surface area contributed by atoms with Gasteiger partial charge >= 0.3 is 0 Å². The van der Waals surface area contributed by atoms with Crippen LogP contribution < -0.4 is 0 Å². The highest BCUT2D eigenvalue weighted by molar-refractivity contribution is 4.89. The normalized spacial score (nSPS) is 35.9. The summed E-state index contributed by atoms with van der Waals surface area (Å²) in [6, 6.07) is 0. The van der Waals surface area contributed by atoms with E-state index in [1.165, 1.54) is 70.6 Å². The SMILES string of the molecule is COC1CC2CCCCC2CC1OCCOCC1CCCCC1. The molecule has 3 aliphatic carbocycles. The first-order valence-corrected chi connectivity index (χ1v) is 10.1. The number of ether oxygens (including phenoxy) is 3. The van der Waals surface area contributed by atoms with Gasteiger partial charge in [-0.25, -0.2) is 0 Å². The van der Waals surface area contributed by atoms with E-state index in [9.17, 15) is 0 Å². The maximum Gasteiger partial charge on any atom is 0.0840 e. The Morgan fingerprint density at radius 1 is 0.739 bits per heavy atom. The van der Waals surface area contributed by atoms with Gasteiger partial charge in [0.25, 0.3) is 0 Å². The van der Waals surface area contributed by atoms with Crippen molar-refractivity contribution in [2.75, 3.05) is 26.9 Å². The summed E-state index contributed by atoms with van der Waals surface area (Å²) in [7, 11) is 1.85. The molecule has 3 rings (SSSR count). The molecule has 0 aromatic heterocycles. The lowest BCUT2D eigenvalue weighted by atomic mass is 9.69. The van der Waals surface area contributed by atoms with E-state index in [1.807, 2.05) is 7.11 Å². The second-order valence-corrected chi connectivity index (χ2v) is 8.04. The Balaban J connectivity index is 1.33. The van der Waals surface area contributed by atoms with Crippen molar-refractivity contribution >= 4 is 0 Å². The molecule has 3 fully saturated rings. The molecule has 0 heterocycles. The largest absolute Gasteiger partial charge is 0.379 e. The fourth-order valence-electron chi connectivity index (χ4n) is 5.09. The minimum Gasteiger partial charge on any atom is -0.379 e. The molecule has 0 aliphatic heterocycles. The smallest absolute Gasteiger partial charge is 0.0840 e. The van der Waals surface area contributed by atoms with Crippen LogP contribution in [0.25, 0.3) is 0 Å². The van der Waals surface area contributed by atoms with Gasteiger partial charge in [-0.05, 0) is 43.4 Å². The van der Waals surface area contributed by atoms with Gasteiger partial charge in [0.05, 0.1) is 25.4 Å². The fourth-order valence-corrected chi connectivity index (χ4v) is 5.09. The van der Waals surface area contributed by atoms with Gasteiger partial charge in [-0.1, -0.05) is 44.9 Å². The summed E-state index contributed by atoms with van der Waals surface area (Å²) in [4.78, 5) is 0. The Kier molecular flexibility index (Phi) is 7.22. The first-order chi connectivity index (χ1) is 11.4. The Hall–Kier alpha value is -0.120. The Morgan fingerprint density at radius 3 is 2.09 bits per heavy atom. The average molecular weight is 325 g/mol. The Labute approximate surface area is 142 Å². The van der Waals surface area contributed by atoms with Gasteiger partial charge in [-0.3, -0.25) is 0 Å². The summed E-state index contributed by atoms with van der Waals surface area (Å²) in [5, 5.41) is 0. The van der Waals surface area contributed by atoms with Gasteiger partial charge < -0.3 is 14.2 Å². The monoisotopic (exact) mass is 324 g/mol. The van der Waals surface area contributed by atoms with Crippen LogP contribution in [0, 0.1) is 17.8 Å². The molecule has 0 amide bonds. The molecule has 0 radical (unpaired) electrons. The van der Waals surface area contributed by atoms with Crippen molar-refractivity contribution in [2.45, 2.75) is 82.8 Å². The number of methoxy groups -OCH3 is 1. The van der Waals surface area contributed by atoms with Gasteiger partial charge in [0.15, 0.2) is 0 Å². The number of fused-ring (bicyclic) bond motifs is 1. The molecule has 23 heavy (non-hydrogen) atoms. The number of rotatable bonds is 7. The van der Waals surface area contributed by atoms with Crippen LogP contribution in [0.5, 0.6) is 0 Å². The molecule has 3 saturated carbocycles. The molecule has 4 unspecified atom stereocenters. The van der Waals surface area contributed by atoms with Gasteiger partial charge in [0.2, 0.25) is 0 Å². The predicted molar refractivity (Wildman–Crippen MR) is 92.6 cm³/mol. The maximum atomic E-state index is 6.17. The molecule has 3 heteroatoms. The van der Waals surface area contributed by atoms with Crippen molar-refractivity contribution < 1.29 is 14.2 Å². The van der Waals surface area contributed by atoms with E-state index in [2.05, 4.69) is 0 Å². The summed E-state index contributed by atoms with van der Waals surface area (Å²) in [6.07, 6.45) is 15.5. The summed E-state index contributed by atoms with van der Waals surface area (Å²) < 4.78 is 17.8. The van der Waals surface area contributed by atoms with Crippen LogP contribution in [0.2, 0.25) is 0 Å². The van der Waals surface area contributed by atoms with Crippen LogP contribution in [-0.2, 0) is 14.2 Å². The van der Waals surface area contributed by atoms with E-state index in [-0.39, 0.29) is 6.10 Å². The lowest BCUT2D eigenvalue weighted by molar-refractivity contribution is -0.117. The zero-order valence-electron chi connectivity index (χ0n) is 15.0. The predicted octanol–water partition coefficient (Wildman–Crippen LogP) is 4.58. The lowest BCUT2D eigenvalue weighted by Gasteiger charge is -2.43. The topological polar surface area (TPSA) is 27.7 Å². The van der Waals surface area contributed by atoms with Crippen LogP contribution >= 0.6 is 0 Å². The molecule has 0 saturated heterocycles. The Bertz CT molecular complexity index is 327. The third-order valence-corrected chi connectivity index (χ3v) is 6.49. The van der Waals surface area contributed by atoms with E-state index in [1.54, 1.807) is 0 Å². The first-order valence-electron chi connectivity index (χ1n) is 10.1. The molecule has 4 atom stereocenters. The molecule has 3 nitrogen and oxygen atoms in total. The minimum atomic E-state index is 0.289. The van der Waals surface area contributed by atoms with E-state index in [4.69, 9.17) is 14.2 Å². The van der Waals surface area contributed by atoms with E-state index < -0.39 is 0 Å². The van der Waals surface area contributed by atoms with E-state index >= 15 is 0 Å². The van der Waals surface area contributed by atoms with Crippen molar-refractivity contribution in [1.29, 1.82) is 0 Å². The second-order valence-electron chi connectivity index (χ2n) is 8.04. The van der Waals surface area contributed by atoms with Crippen LogP contribution in [0.4, 0.5) is 0 Å². The molecule has 0 N–H and O–H groups in total. The van der Waals surface area contributed by atoms with Crippen molar-refractivity contribution in [3.63, 3.8) is 0 Å². The van der Waals surface area contributed by atoms with Crippen molar-refractivity contribution in [1.82, 2.24) is 0 Å². The van der Waals surface area contributed by atoms with Crippen molar-refractivity contribution in [3.05, 3.63) is 0 Å². The Morgan fingerprint density at radius 2 is 1.39 bits per heavy atom. The molecule has 0 aromatic rings. The molecule has 0 aromatic carbocycles. The zero-order valence-corrected chi connectivity index (χ0v) is 15.0. The second kappa shape index (κ2) is 9.39. The van der Waals surface area contributed by atoms with Gasteiger partial charge in [-0.15, -0.1) is 0 Å². The standard InChI is InChI=1S/C20H36O3/c1-21-19-13-17-9-5-6-10-18(17)14-20(19)23-12-11-22-15-16-7-3-2-4-8-16/h16-20H,2-15H2,1H3. The quantitative estimate of drug-likeness (QED) is 0.641. The first kappa shape index (κ1) is 17.7. The van der Waals surface area contributed by atoms with Crippen LogP contribution in [0.3, 0.4) is 0 Å². The highest BCUT2D eigenvalue weighted by Gasteiger charge is 2.38. The van der Waals surface area contributed by atoms with Crippen LogP contribution in [0.15, 0.2) is 0 Å². The highest BCUT2D eigenvalue weighted by atomic mass is 16.6. The van der Waals surface area contributed by atoms with Crippen LogP contribution in [-0.4, -0.2) is 39.1 Å². The van der Waals surface area contributed by atoms with E-state index in [0.29, 0.717) is 6.10 Å². The van der Waals surface area contributed by atoms with Crippen molar-refractivity contribution in [3.8, 4) is 0 Å². The number of hydrogen-bond donors (Lipinski definition) is 0. The molecule has 3 aliphatic rings. The molecule has 134 valence electrons. The van der Waals surface area contributed by atoms with E-state index in [0.717, 1.165) is 37.6 Å². The average Bonchev–Trinajstić information content (AvgIpc) is 2.61. The summed E-state index contributed by atoms with van der Waals surface area (Å²) in [6.45, 7) is 2.42.